The van der Waals surface area contributed by atoms with Crippen LogP contribution in [0.1, 0.15) is 41.0 Å². The molecule has 1 aliphatic rings. The van der Waals surface area contributed by atoms with Crippen LogP contribution >= 0.6 is 11.6 Å². The van der Waals surface area contributed by atoms with Gasteiger partial charge in [0, 0.05) is 36.5 Å². The summed E-state index contributed by atoms with van der Waals surface area (Å²) in [5.41, 5.74) is 1.79. The highest BCUT2D eigenvalue weighted by atomic mass is 35.5. The number of hydrogen-bond donors (Lipinski definition) is 1. The average Bonchev–Trinajstić information content (AvgIpc) is 2.86. The van der Waals surface area contributed by atoms with Crippen molar-refractivity contribution >= 4 is 33.2 Å². The molecule has 1 amide bonds. The summed E-state index contributed by atoms with van der Waals surface area (Å²) in [6.07, 6.45) is 2.98. The zero-order chi connectivity index (χ0) is 19.8. The molecule has 1 N–H and O–H groups in total. The standard InChI is InChI=1S/C19H24ClN3O3S/c1-13-17(19(24)23-10-5-4-6-11-23)18(14(2)22(13)3)27(25,26)21-16-9-7-8-15(20)12-16/h7-9,12,21H,4-6,10-11H2,1-3H3. The Hall–Kier alpha value is -1.99. The highest BCUT2D eigenvalue weighted by molar-refractivity contribution is 7.92. The van der Waals surface area contributed by atoms with E-state index in [1.807, 2.05) is 0 Å². The van der Waals surface area contributed by atoms with Crippen LogP contribution < -0.4 is 4.72 Å². The minimum atomic E-state index is -3.95. The summed E-state index contributed by atoms with van der Waals surface area (Å²) >= 11 is 5.96. The number of piperidine rings is 1. The van der Waals surface area contributed by atoms with Gasteiger partial charge >= 0.3 is 0 Å². The molecule has 1 aliphatic heterocycles. The molecule has 1 aromatic heterocycles. The van der Waals surface area contributed by atoms with Gasteiger partial charge in [0.2, 0.25) is 0 Å². The van der Waals surface area contributed by atoms with Gasteiger partial charge in [0.1, 0.15) is 4.90 Å². The highest BCUT2D eigenvalue weighted by Crippen LogP contribution is 2.30. The largest absolute Gasteiger partial charge is 0.350 e. The van der Waals surface area contributed by atoms with Crippen LogP contribution in [-0.2, 0) is 17.1 Å². The molecule has 1 saturated heterocycles. The van der Waals surface area contributed by atoms with Crippen molar-refractivity contribution in [1.29, 1.82) is 0 Å². The van der Waals surface area contributed by atoms with E-state index >= 15 is 0 Å². The monoisotopic (exact) mass is 409 g/mol. The van der Waals surface area contributed by atoms with Crippen molar-refractivity contribution < 1.29 is 13.2 Å². The van der Waals surface area contributed by atoms with E-state index in [1.165, 1.54) is 6.07 Å². The molecule has 146 valence electrons. The molecule has 2 aromatic rings. The molecule has 2 heterocycles. The second kappa shape index (κ2) is 7.56. The fraction of sp³-hybridized carbons (Fsp3) is 0.421. The van der Waals surface area contributed by atoms with Gasteiger partial charge in [-0.25, -0.2) is 8.42 Å². The number of carbonyl (C=O) groups excluding carboxylic acids is 1. The van der Waals surface area contributed by atoms with Crippen LogP contribution in [0, 0.1) is 13.8 Å². The van der Waals surface area contributed by atoms with Crippen molar-refractivity contribution in [2.24, 2.45) is 7.05 Å². The lowest BCUT2D eigenvalue weighted by Gasteiger charge is -2.27. The van der Waals surface area contributed by atoms with Gasteiger partial charge in [-0.3, -0.25) is 9.52 Å². The summed E-state index contributed by atoms with van der Waals surface area (Å²) in [6, 6.07) is 6.50. The predicted octanol–water partition coefficient (Wildman–Crippen LogP) is 3.72. The van der Waals surface area contributed by atoms with Crippen LogP contribution in [0.4, 0.5) is 5.69 Å². The maximum Gasteiger partial charge on any atom is 0.264 e. The lowest BCUT2D eigenvalue weighted by atomic mass is 10.1. The Morgan fingerprint density at radius 3 is 2.41 bits per heavy atom. The molecular formula is C19H24ClN3O3S. The Bertz CT molecular complexity index is 976. The van der Waals surface area contributed by atoms with E-state index in [0.29, 0.717) is 35.2 Å². The third-order valence-corrected chi connectivity index (χ3v) is 6.90. The second-order valence-corrected chi connectivity index (χ2v) is 8.96. The summed E-state index contributed by atoms with van der Waals surface area (Å²) < 4.78 is 30.7. The Morgan fingerprint density at radius 1 is 1.11 bits per heavy atom. The third-order valence-electron chi connectivity index (χ3n) is 5.13. The van der Waals surface area contributed by atoms with Crippen molar-refractivity contribution in [3.63, 3.8) is 0 Å². The second-order valence-electron chi connectivity index (χ2n) is 6.90. The number of likely N-dealkylation sites (tertiary alicyclic amines) is 1. The molecule has 6 nitrogen and oxygen atoms in total. The molecule has 0 atom stereocenters. The number of rotatable bonds is 4. The van der Waals surface area contributed by atoms with Crippen LogP contribution in [0.2, 0.25) is 5.02 Å². The third kappa shape index (κ3) is 3.84. The van der Waals surface area contributed by atoms with Crippen LogP contribution in [0.15, 0.2) is 29.2 Å². The smallest absolute Gasteiger partial charge is 0.264 e. The van der Waals surface area contributed by atoms with E-state index in [4.69, 9.17) is 11.6 Å². The summed E-state index contributed by atoms with van der Waals surface area (Å²) in [5.74, 6) is -0.220. The molecule has 8 heteroatoms. The van der Waals surface area contributed by atoms with Crippen molar-refractivity contribution in [2.45, 2.75) is 38.0 Å². The van der Waals surface area contributed by atoms with Gasteiger partial charge in [0.25, 0.3) is 15.9 Å². The van der Waals surface area contributed by atoms with E-state index in [0.717, 1.165) is 19.3 Å². The summed E-state index contributed by atoms with van der Waals surface area (Å²) in [7, 11) is -2.18. The number of nitrogens with one attached hydrogen (secondary N) is 1. The maximum atomic E-state index is 13.2. The number of nitrogens with zero attached hydrogens (tertiary/aromatic N) is 2. The highest BCUT2D eigenvalue weighted by Gasteiger charge is 2.33. The van der Waals surface area contributed by atoms with Crippen LogP contribution in [-0.4, -0.2) is 36.9 Å². The molecule has 1 fully saturated rings. The first kappa shape index (κ1) is 19.8. The van der Waals surface area contributed by atoms with Crippen LogP contribution in [0.5, 0.6) is 0 Å². The summed E-state index contributed by atoms with van der Waals surface area (Å²) in [4.78, 5) is 15.0. The first-order chi connectivity index (χ1) is 12.7. The molecule has 3 rings (SSSR count). The zero-order valence-corrected chi connectivity index (χ0v) is 17.3. The van der Waals surface area contributed by atoms with Crippen molar-refractivity contribution in [1.82, 2.24) is 9.47 Å². The van der Waals surface area contributed by atoms with Crippen molar-refractivity contribution in [3.8, 4) is 0 Å². The molecule has 0 radical (unpaired) electrons. The van der Waals surface area contributed by atoms with E-state index in [1.54, 1.807) is 48.6 Å². The first-order valence-corrected chi connectivity index (χ1v) is 10.8. The Balaban J connectivity index is 2.06. The predicted molar refractivity (Wildman–Crippen MR) is 107 cm³/mol. The van der Waals surface area contributed by atoms with Gasteiger partial charge in [-0.2, -0.15) is 0 Å². The molecule has 0 bridgehead atoms. The average molecular weight is 410 g/mol. The number of halogens is 1. The van der Waals surface area contributed by atoms with E-state index in [2.05, 4.69) is 4.72 Å². The van der Waals surface area contributed by atoms with E-state index in [9.17, 15) is 13.2 Å². The molecule has 0 saturated carbocycles. The Labute approximate surface area is 165 Å². The van der Waals surface area contributed by atoms with Gasteiger partial charge in [-0.15, -0.1) is 0 Å². The van der Waals surface area contributed by atoms with Gasteiger partial charge < -0.3 is 9.47 Å². The van der Waals surface area contributed by atoms with Gasteiger partial charge in [-0.05, 0) is 51.3 Å². The lowest BCUT2D eigenvalue weighted by molar-refractivity contribution is 0.0720. The molecular weight excluding hydrogens is 386 g/mol. The minimum Gasteiger partial charge on any atom is -0.350 e. The van der Waals surface area contributed by atoms with Gasteiger partial charge in [0.15, 0.2) is 0 Å². The maximum absolute atomic E-state index is 13.2. The Morgan fingerprint density at radius 2 is 1.78 bits per heavy atom. The molecule has 27 heavy (non-hydrogen) atoms. The molecule has 0 spiro atoms. The Kier molecular flexibility index (Phi) is 5.53. The van der Waals surface area contributed by atoms with E-state index < -0.39 is 10.0 Å². The summed E-state index contributed by atoms with van der Waals surface area (Å²) in [5, 5.41) is 0.431. The van der Waals surface area contributed by atoms with Crippen molar-refractivity contribution in [3.05, 3.63) is 46.2 Å². The molecule has 0 unspecified atom stereocenters. The normalized spacial score (nSPS) is 15.0. The number of anilines is 1. The number of sulfonamides is 1. The van der Waals surface area contributed by atoms with E-state index in [-0.39, 0.29) is 16.4 Å². The first-order valence-electron chi connectivity index (χ1n) is 8.96. The number of hydrogen-bond acceptors (Lipinski definition) is 3. The molecule has 0 aliphatic carbocycles. The number of amides is 1. The van der Waals surface area contributed by atoms with Gasteiger partial charge in [0.05, 0.1) is 11.3 Å². The van der Waals surface area contributed by atoms with Crippen LogP contribution in [0.25, 0.3) is 0 Å². The minimum absolute atomic E-state index is 0.0399. The fourth-order valence-electron chi connectivity index (χ4n) is 3.51. The number of carbonyl (C=O) groups is 1. The number of benzene rings is 1. The van der Waals surface area contributed by atoms with Crippen LogP contribution in [0.3, 0.4) is 0 Å². The SMILES string of the molecule is Cc1c(C(=O)N2CCCCC2)c(S(=O)(=O)Nc2cccc(Cl)c2)c(C)n1C. The van der Waals surface area contributed by atoms with Gasteiger partial charge in [-0.1, -0.05) is 17.7 Å². The lowest BCUT2D eigenvalue weighted by Crippen LogP contribution is -2.36. The molecule has 1 aromatic carbocycles. The quantitative estimate of drug-likeness (QED) is 0.836. The summed E-state index contributed by atoms with van der Waals surface area (Å²) in [6.45, 7) is 4.82. The fourth-order valence-corrected chi connectivity index (χ4v) is 5.27. The van der Waals surface area contributed by atoms with Crippen molar-refractivity contribution in [2.75, 3.05) is 17.8 Å². The number of aromatic nitrogens is 1. The zero-order valence-electron chi connectivity index (χ0n) is 15.8. The topological polar surface area (TPSA) is 71.4 Å².